The molecule has 0 spiro atoms. The molecule has 0 unspecified atom stereocenters. The number of sulfonamides is 1. The number of carbonyl (C=O) groups is 1. The molecule has 0 atom stereocenters. The van der Waals surface area contributed by atoms with E-state index in [4.69, 9.17) is 11.6 Å². The lowest BCUT2D eigenvalue weighted by atomic mass is 10.3. The van der Waals surface area contributed by atoms with Crippen LogP contribution in [-0.2, 0) is 14.8 Å². The van der Waals surface area contributed by atoms with Crippen LogP contribution in [0.1, 0.15) is 0 Å². The van der Waals surface area contributed by atoms with Crippen molar-refractivity contribution >= 4 is 50.1 Å². The molecule has 1 aliphatic heterocycles. The SMILES string of the molecule is O=C1CS/C(=N/S(=O)(=O)c2ccc(Cl)cc2)N1c1ccccc1. The minimum atomic E-state index is -3.91. The molecule has 1 amide bonds. The van der Waals surface area contributed by atoms with E-state index >= 15 is 0 Å². The maximum Gasteiger partial charge on any atom is 0.284 e. The molecule has 0 bridgehead atoms. The molecule has 1 aliphatic rings. The van der Waals surface area contributed by atoms with Gasteiger partial charge in [0.1, 0.15) is 0 Å². The number of carbonyl (C=O) groups excluding carboxylic acids is 1. The Morgan fingerprint density at radius 2 is 1.70 bits per heavy atom. The highest BCUT2D eigenvalue weighted by molar-refractivity contribution is 8.16. The Morgan fingerprint density at radius 1 is 1.04 bits per heavy atom. The van der Waals surface area contributed by atoms with Gasteiger partial charge in [-0.05, 0) is 36.4 Å². The molecule has 118 valence electrons. The Labute approximate surface area is 143 Å². The Balaban J connectivity index is 2.00. The normalized spacial score (nSPS) is 17.0. The van der Waals surface area contributed by atoms with Gasteiger partial charge in [-0.1, -0.05) is 41.6 Å². The molecule has 1 fully saturated rings. The van der Waals surface area contributed by atoms with Crippen molar-refractivity contribution in [3.63, 3.8) is 0 Å². The van der Waals surface area contributed by atoms with Gasteiger partial charge < -0.3 is 0 Å². The van der Waals surface area contributed by atoms with Gasteiger partial charge in [-0.2, -0.15) is 8.42 Å². The molecule has 23 heavy (non-hydrogen) atoms. The van der Waals surface area contributed by atoms with Crippen molar-refractivity contribution in [1.82, 2.24) is 0 Å². The fourth-order valence-electron chi connectivity index (χ4n) is 2.02. The van der Waals surface area contributed by atoms with Crippen LogP contribution in [0.15, 0.2) is 63.9 Å². The van der Waals surface area contributed by atoms with E-state index in [0.29, 0.717) is 10.7 Å². The summed E-state index contributed by atoms with van der Waals surface area (Å²) in [6.07, 6.45) is 0. The van der Waals surface area contributed by atoms with Crippen molar-refractivity contribution in [3.05, 3.63) is 59.6 Å². The summed E-state index contributed by atoms with van der Waals surface area (Å²) in [6, 6.07) is 14.6. The summed E-state index contributed by atoms with van der Waals surface area (Å²) in [5.41, 5.74) is 0.590. The fourth-order valence-corrected chi connectivity index (χ4v) is 4.24. The lowest BCUT2D eigenvalue weighted by molar-refractivity contribution is -0.115. The minimum absolute atomic E-state index is 0.0300. The summed E-state index contributed by atoms with van der Waals surface area (Å²) in [5, 5.41) is 0.587. The predicted molar refractivity (Wildman–Crippen MR) is 92.5 cm³/mol. The van der Waals surface area contributed by atoms with E-state index in [-0.39, 0.29) is 21.7 Å². The van der Waals surface area contributed by atoms with Gasteiger partial charge in [0, 0.05) is 5.02 Å². The van der Waals surface area contributed by atoms with Gasteiger partial charge in [0.05, 0.1) is 16.3 Å². The smallest absolute Gasteiger partial charge is 0.273 e. The highest BCUT2D eigenvalue weighted by Crippen LogP contribution is 2.28. The van der Waals surface area contributed by atoms with E-state index in [1.54, 1.807) is 24.3 Å². The first kappa shape index (κ1) is 16.0. The van der Waals surface area contributed by atoms with E-state index in [1.807, 2.05) is 6.07 Å². The number of rotatable bonds is 3. The van der Waals surface area contributed by atoms with E-state index in [2.05, 4.69) is 4.40 Å². The van der Waals surface area contributed by atoms with E-state index in [9.17, 15) is 13.2 Å². The highest BCUT2D eigenvalue weighted by Gasteiger charge is 2.31. The third kappa shape index (κ3) is 3.41. The second-order valence-corrected chi connectivity index (χ2v) is 7.64. The average Bonchev–Trinajstić information content (AvgIpc) is 2.88. The summed E-state index contributed by atoms with van der Waals surface area (Å²) in [4.78, 5) is 13.4. The molecular weight excluding hydrogens is 356 g/mol. The molecule has 3 rings (SSSR count). The molecule has 1 saturated heterocycles. The van der Waals surface area contributed by atoms with Crippen LogP contribution >= 0.6 is 23.4 Å². The van der Waals surface area contributed by atoms with E-state index in [1.165, 1.54) is 29.2 Å². The lowest BCUT2D eigenvalue weighted by Crippen LogP contribution is -2.29. The number of nitrogens with zero attached hydrogens (tertiary/aromatic N) is 2. The summed E-state index contributed by atoms with van der Waals surface area (Å²) in [5.74, 6) is -0.0459. The van der Waals surface area contributed by atoms with Crippen molar-refractivity contribution < 1.29 is 13.2 Å². The monoisotopic (exact) mass is 366 g/mol. The summed E-state index contributed by atoms with van der Waals surface area (Å²) < 4.78 is 28.6. The number of thioether (sulfide) groups is 1. The molecule has 0 saturated carbocycles. The highest BCUT2D eigenvalue weighted by atomic mass is 35.5. The summed E-state index contributed by atoms with van der Waals surface area (Å²) in [6.45, 7) is 0. The predicted octanol–water partition coefficient (Wildman–Crippen LogP) is 3.16. The van der Waals surface area contributed by atoms with Crippen LogP contribution in [0, 0.1) is 0 Å². The van der Waals surface area contributed by atoms with Crippen LogP contribution < -0.4 is 4.90 Å². The summed E-state index contributed by atoms with van der Waals surface area (Å²) >= 11 is 6.87. The van der Waals surface area contributed by atoms with Crippen LogP contribution in [0.5, 0.6) is 0 Å². The third-order valence-electron chi connectivity index (χ3n) is 3.09. The summed E-state index contributed by atoms with van der Waals surface area (Å²) in [7, 11) is -3.91. The molecule has 1 heterocycles. The van der Waals surface area contributed by atoms with Gasteiger partial charge in [-0.25, -0.2) is 0 Å². The van der Waals surface area contributed by atoms with Crippen molar-refractivity contribution in [1.29, 1.82) is 0 Å². The fraction of sp³-hybridized carbons (Fsp3) is 0.0667. The molecule has 0 aromatic heterocycles. The first-order chi connectivity index (χ1) is 11.0. The molecular formula is C15H11ClN2O3S2. The van der Waals surface area contributed by atoms with E-state index < -0.39 is 10.0 Å². The Hall–Kier alpha value is -1.83. The van der Waals surface area contributed by atoms with Gasteiger partial charge in [0.15, 0.2) is 5.17 Å². The quantitative estimate of drug-likeness (QED) is 0.836. The number of benzene rings is 2. The lowest BCUT2D eigenvalue weighted by Gasteiger charge is -2.15. The number of amidine groups is 1. The number of amides is 1. The average molecular weight is 367 g/mol. The largest absolute Gasteiger partial charge is 0.284 e. The molecule has 0 N–H and O–H groups in total. The van der Waals surface area contributed by atoms with Gasteiger partial charge in [0.25, 0.3) is 10.0 Å². The van der Waals surface area contributed by atoms with Gasteiger partial charge in [-0.15, -0.1) is 4.40 Å². The van der Waals surface area contributed by atoms with Gasteiger partial charge in [0.2, 0.25) is 5.91 Å². The van der Waals surface area contributed by atoms with Gasteiger partial charge >= 0.3 is 0 Å². The second-order valence-electron chi connectivity index (χ2n) is 4.66. The van der Waals surface area contributed by atoms with Crippen molar-refractivity contribution in [2.45, 2.75) is 4.90 Å². The Kier molecular flexibility index (Phi) is 4.43. The van der Waals surface area contributed by atoms with Crippen molar-refractivity contribution in [2.75, 3.05) is 10.7 Å². The molecule has 8 heteroatoms. The molecule has 2 aromatic rings. The van der Waals surface area contributed by atoms with Crippen LogP contribution in [0.4, 0.5) is 5.69 Å². The zero-order valence-electron chi connectivity index (χ0n) is 11.7. The number of hydrogen-bond donors (Lipinski definition) is 0. The van der Waals surface area contributed by atoms with Crippen molar-refractivity contribution in [2.24, 2.45) is 4.40 Å². The van der Waals surface area contributed by atoms with Crippen molar-refractivity contribution in [3.8, 4) is 0 Å². The number of halogens is 1. The number of para-hydroxylation sites is 1. The van der Waals surface area contributed by atoms with Crippen LogP contribution in [-0.4, -0.2) is 25.2 Å². The topological polar surface area (TPSA) is 66.8 Å². The molecule has 0 radical (unpaired) electrons. The molecule has 2 aromatic carbocycles. The van der Waals surface area contributed by atoms with Crippen LogP contribution in [0.2, 0.25) is 5.02 Å². The minimum Gasteiger partial charge on any atom is -0.273 e. The van der Waals surface area contributed by atoms with Crippen LogP contribution in [0.25, 0.3) is 0 Å². The maximum atomic E-state index is 12.4. The van der Waals surface area contributed by atoms with Gasteiger partial charge in [-0.3, -0.25) is 9.69 Å². The maximum absolute atomic E-state index is 12.4. The number of anilines is 1. The standard InChI is InChI=1S/C15H11ClN2O3S2/c16-11-6-8-13(9-7-11)23(20,21)17-15-18(14(19)10-22-15)12-4-2-1-3-5-12/h1-9H,10H2/b17-15+. The molecule has 5 nitrogen and oxygen atoms in total. The van der Waals surface area contributed by atoms with E-state index in [0.717, 1.165) is 11.8 Å². The number of hydrogen-bond acceptors (Lipinski definition) is 4. The Morgan fingerprint density at radius 3 is 2.35 bits per heavy atom. The third-order valence-corrected chi connectivity index (χ3v) is 5.66. The zero-order valence-corrected chi connectivity index (χ0v) is 14.1. The molecule has 0 aliphatic carbocycles. The first-order valence-corrected chi connectivity index (χ1v) is 9.39. The van der Waals surface area contributed by atoms with Crippen LogP contribution in [0.3, 0.4) is 0 Å². The second kappa shape index (κ2) is 6.35. The zero-order chi connectivity index (χ0) is 16.4. The Bertz CT molecular complexity index is 865. The first-order valence-electron chi connectivity index (χ1n) is 6.59.